The SMILES string of the molecule is FC(F)(F)c1cccc(CC[C@@H]2CCCN(Cc3ccncc3)C2)c1. The molecule has 0 saturated carbocycles. The molecule has 0 radical (unpaired) electrons. The van der Waals surface area contributed by atoms with Crippen molar-refractivity contribution in [3.63, 3.8) is 0 Å². The Labute approximate surface area is 146 Å². The van der Waals surface area contributed by atoms with Crippen LogP contribution in [0.25, 0.3) is 0 Å². The maximum atomic E-state index is 12.8. The molecule has 1 saturated heterocycles. The molecule has 1 aliphatic heterocycles. The van der Waals surface area contributed by atoms with Gasteiger partial charge >= 0.3 is 6.18 Å². The number of rotatable bonds is 5. The molecule has 0 unspecified atom stereocenters. The number of halogens is 3. The molecule has 1 fully saturated rings. The standard InChI is InChI=1S/C20H23F3N2/c21-20(22,23)19-5-1-3-16(13-19)6-7-17-4-2-12-25(14-17)15-18-8-10-24-11-9-18/h1,3,5,8-11,13,17H,2,4,6-7,12,14-15H2/t17-/m0/s1. The fourth-order valence-electron chi connectivity index (χ4n) is 3.55. The second-order valence-corrected chi connectivity index (χ2v) is 6.84. The molecule has 1 aromatic carbocycles. The molecule has 2 heterocycles. The molecule has 1 atom stereocenters. The van der Waals surface area contributed by atoms with Crippen LogP contribution in [0.4, 0.5) is 13.2 Å². The number of aromatic nitrogens is 1. The van der Waals surface area contributed by atoms with Crippen LogP contribution in [0.3, 0.4) is 0 Å². The smallest absolute Gasteiger partial charge is 0.299 e. The molecule has 1 aromatic heterocycles. The molecular formula is C20H23F3N2. The van der Waals surface area contributed by atoms with Crippen LogP contribution in [-0.4, -0.2) is 23.0 Å². The van der Waals surface area contributed by atoms with E-state index in [1.807, 2.05) is 24.5 Å². The lowest BCUT2D eigenvalue weighted by molar-refractivity contribution is -0.137. The summed E-state index contributed by atoms with van der Waals surface area (Å²) in [5.74, 6) is 0.546. The molecule has 0 spiro atoms. The first kappa shape index (κ1) is 17.9. The van der Waals surface area contributed by atoms with Gasteiger partial charge in [0, 0.05) is 25.5 Å². The number of alkyl halides is 3. The van der Waals surface area contributed by atoms with E-state index in [-0.39, 0.29) is 0 Å². The van der Waals surface area contributed by atoms with E-state index in [9.17, 15) is 13.2 Å². The van der Waals surface area contributed by atoms with Crippen molar-refractivity contribution >= 4 is 0 Å². The maximum Gasteiger partial charge on any atom is 0.416 e. The summed E-state index contributed by atoms with van der Waals surface area (Å²) in [5.41, 5.74) is 1.49. The van der Waals surface area contributed by atoms with Gasteiger partial charge in [-0.25, -0.2) is 0 Å². The average Bonchev–Trinajstić information content (AvgIpc) is 2.61. The Morgan fingerprint density at radius 2 is 1.88 bits per heavy atom. The van der Waals surface area contributed by atoms with Gasteiger partial charge < -0.3 is 0 Å². The Morgan fingerprint density at radius 3 is 2.64 bits per heavy atom. The molecule has 1 aliphatic rings. The summed E-state index contributed by atoms with van der Waals surface area (Å²) < 4.78 is 38.4. The van der Waals surface area contributed by atoms with E-state index in [0.29, 0.717) is 12.3 Å². The molecule has 134 valence electrons. The molecule has 25 heavy (non-hydrogen) atoms. The lowest BCUT2D eigenvalue weighted by atomic mass is 9.91. The third kappa shape index (κ3) is 5.30. The largest absolute Gasteiger partial charge is 0.416 e. The van der Waals surface area contributed by atoms with Crippen molar-refractivity contribution in [2.45, 2.75) is 38.4 Å². The van der Waals surface area contributed by atoms with Crippen LogP contribution in [0.2, 0.25) is 0 Å². The molecule has 2 aromatic rings. The fourth-order valence-corrected chi connectivity index (χ4v) is 3.55. The van der Waals surface area contributed by atoms with Gasteiger partial charge in [0.05, 0.1) is 5.56 Å². The first-order valence-electron chi connectivity index (χ1n) is 8.78. The Balaban J connectivity index is 1.53. The molecule has 3 rings (SSSR count). The number of benzene rings is 1. The van der Waals surface area contributed by atoms with Crippen LogP contribution in [0.1, 0.15) is 36.0 Å². The lowest BCUT2D eigenvalue weighted by Crippen LogP contribution is -2.35. The molecule has 2 nitrogen and oxygen atoms in total. The van der Waals surface area contributed by atoms with E-state index >= 15 is 0 Å². The molecule has 0 amide bonds. The highest BCUT2D eigenvalue weighted by atomic mass is 19.4. The highest BCUT2D eigenvalue weighted by molar-refractivity contribution is 5.25. The lowest BCUT2D eigenvalue weighted by Gasteiger charge is -2.32. The zero-order valence-electron chi connectivity index (χ0n) is 14.2. The van der Waals surface area contributed by atoms with Crippen molar-refractivity contribution in [2.75, 3.05) is 13.1 Å². The predicted molar refractivity (Wildman–Crippen MR) is 92.0 cm³/mol. The minimum atomic E-state index is -4.26. The van der Waals surface area contributed by atoms with Crippen LogP contribution in [-0.2, 0) is 19.1 Å². The van der Waals surface area contributed by atoms with Crippen molar-refractivity contribution in [2.24, 2.45) is 5.92 Å². The van der Waals surface area contributed by atoms with Crippen molar-refractivity contribution < 1.29 is 13.2 Å². The predicted octanol–water partition coefficient (Wildman–Crippen LogP) is 4.95. The van der Waals surface area contributed by atoms with Gasteiger partial charge in [-0.2, -0.15) is 13.2 Å². The van der Waals surface area contributed by atoms with Crippen LogP contribution in [0.15, 0.2) is 48.8 Å². The summed E-state index contributed by atoms with van der Waals surface area (Å²) in [6.07, 6.45) is 3.31. The van der Waals surface area contributed by atoms with Crippen molar-refractivity contribution in [3.05, 3.63) is 65.5 Å². The number of piperidine rings is 1. The quantitative estimate of drug-likeness (QED) is 0.760. The first-order valence-corrected chi connectivity index (χ1v) is 8.78. The van der Waals surface area contributed by atoms with E-state index in [0.717, 1.165) is 50.5 Å². The minimum Gasteiger partial charge on any atom is -0.299 e. The topological polar surface area (TPSA) is 16.1 Å². The number of hydrogen-bond acceptors (Lipinski definition) is 2. The summed E-state index contributed by atoms with van der Waals surface area (Å²) in [6, 6.07) is 9.80. The first-order chi connectivity index (χ1) is 12.0. The summed E-state index contributed by atoms with van der Waals surface area (Å²) >= 11 is 0. The van der Waals surface area contributed by atoms with Crippen molar-refractivity contribution in [1.82, 2.24) is 9.88 Å². The third-order valence-electron chi connectivity index (χ3n) is 4.85. The Bertz CT molecular complexity index is 670. The molecular weight excluding hydrogens is 325 g/mol. The van der Waals surface area contributed by atoms with Gasteiger partial charge in [-0.05, 0) is 67.5 Å². The molecule has 0 aliphatic carbocycles. The highest BCUT2D eigenvalue weighted by Crippen LogP contribution is 2.30. The van der Waals surface area contributed by atoms with Gasteiger partial charge in [0.25, 0.3) is 0 Å². The number of pyridine rings is 1. The molecule has 0 bridgehead atoms. The van der Waals surface area contributed by atoms with E-state index in [1.165, 1.54) is 17.7 Å². The second-order valence-electron chi connectivity index (χ2n) is 6.84. The van der Waals surface area contributed by atoms with Gasteiger partial charge in [-0.3, -0.25) is 9.88 Å². The fraction of sp³-hybridized carbons (Fsp3) is 0.450. The van der Waals surface area contributed by atoms with Crippen LogP contribution in [0, 0.1) is 5.92 Å². The Hall–Kier alpha value is -1.88. The number of likely N-dealkylation sites (tertiary alicyclic amines) is 1. The third-order valence-corrected chi connectivity index (χ3v) is 4.85. The van der Waals surface area contributed by atoms with E-state index in [2.05, 4.69) is 9.88 Å². The van der Waals surface area contributed by atoms with E-state index < -0.39 is 11.7 Å². The zero-order valence-corrected chi connectivity index (χ0v) is 14.2. The monoisotopic (exact) mass is 348 g/mol. The van der Waals surface area contributed by atoms with Gasteiger partial charge in [0.1, 0.15) is 0 Å². The average molecular weight is 348 g/mol. The van der Waals surface area contributed by atoms with Crippen molar-refractivity contribution in [3.8, 4) is 0 Å². The van der Waals surface area contributed by atoms with E-state index in [4.69, 9.17) is 0 Å². The normalized spacial score (nSPS) is 19.1. The van der Waals surface area contributed by atoms with Crippen molar-refractivity contribution in [1.29, 1.82) is 0 Å². The van der Waals surface area contributed by atoms with E-state index in [1.54, 1.807) is 6.07 Å². The van der Waals surface area contributed by atoms with Crippen LogP contribution < -0.4 is 0 Å². The molecule has 0 N–H and O–H groups in total. The summed E-state index contributed by atoms with van der Waals surface area (Å²) in [5, 5.41) is 0. The molecule has 5 heteroatoms. The number of aryl methyl sites for hydroxylation is 1. The minimum absolute atomic E-state index is 0.546. The van der Waals surface area contributed by atoms with Crippen LogP contribution in [0.5, 0.6) is 0 Å². The van der Waals surface area contributed by atoms with Crippen LogP contribution >= 0.6 is 0 Å². The number of hydrogen-bond donors (Lipinski definition) is 0. The zero-order chi connectivity index (χ0) is 17.7. The summed E-state index contributed by atoms with van der Waals surface area (Å²) in [7, 11) is 0. The van der Waals surface area contributed by atoms with Gasteiger partial charge in [0.15, 0.2) is 0 Å². The second kappa shape index (κ2) is 8.00. The Kier molecular flexibility index (Phi) is 5.74. The van der Waals surface area contributed by atoms with Gasteiger partial charge in [-0.15, -0.1) is 0 Å². The number of nitrogens with zero attached hydrogens (tertiary/aromatic N) is 2. The Morgan fingerprint density at radius 1 is 1.08 bits per heavy atom. The van der Waals surface area contributed by atoms with Gasteiger partial charge in [0.2, 0.25) is 0 Å². The van der Waals surface area contributed by atoms with Gasteiger partial charge in [-0.1, -0.05) is 18.2 Å². The summed E-state index contributed by atoms with van der Waals surface area (Å²) in [4.78, 5) is 6.48. The highest BCUT2D eigenvalue weighted by Gasteiger charge is 2.30. The maximum absolute atomic E-state index is 12.8. The summed E-state index contributed by atoms with van der Waals surface area (Å²) in [6.45, 7) is 3.02.